The summed E-state index contributed by atoms with van der Waals surface area (Å²) in [6, 6.07) is 2.65. The maximum Gasteiger partial charge on any atom is 0.355 e. The zero-order valence-corrected chi connectivity index (χ0v) is 21.5. The van der Waals surface area contributed by atoms with Crippen LogP contribution in [0.15, 0.2) is 23.1 Å². The van der Waals surface area contributed by atoms with E-state index in [1.165, 1.54) is 0 Å². The lowest BCUT2D eigenvalue weighted by Gasteiger charge is -2.29. The van der Waals surface area contributed by atoms with Gasteiger partial charge in [0.2, 0.25) is 0 Å². The Morgan fingerprint density at radius 1 is 0.949 bits per heavy atom. The van der Waals surface area contributed by atoms with Crippen LogP contribution in [0.1, 0.15) is 50.3 Å². The molecule has 2 N–H and O–H groups in total. The van der Waals surface area contributed by atoms with Gasteiger partial charge in [-0.15, -0.1) is 0 Å². The molecule has 3 aromatic heterocycles. The molecule has 0 radical (unpaired) electrons. The predicted molar refractivity (Wildman–Crippen MR) is 137 cm³/mol. The number of piperidine rings is 1. The highest BCUT2D eigenvalue weighted by Crippen LogP contribution is 2.38. The summed E-state index contributed by atoms with van der Waals surface area (Å²) < 4.78 is 74.0. The van der Waals surface area contributed by atoms with E-state index in [4.69, 9.17) is 5.73 Å². The van der Waals surface area contributed by atoms with Crippen molar-refractivity contribution in [1.29, 1.82) is 0 Å². The zero-order valence-electron chi connectivity index (χ0n) is 21.5. The molecule has 4 heterocycles. The zero-order chi connectivity index (χ0) is 28.2. The van der Waals surface area contributed by atoms with Gasteiger partial charge in [-0.3, -0.25) is 4.98 Å². The number of pyridine rings is 2. The molecular weight excluding hydrogens is 519 g/mol. The summed E-state index contributed by atoms with van der Waals surface area (Å²) in [7, 11) is 0. The number of nitrogen functional groups attached to an aromatic ring is 1. The van der Waals surface area contributed by atoms with Gasteiger partial charge >= 0.3 is 5.69 Å². The molecule has 0 aliphatic carbocycles. The first-order valence-corrected chi connectivity index (χ1v) is 12.5. The van der Waals surface area contributed by atoms with E-state index in [9.17, 15) is 22.4 Å². The summed E-state index contributed by atoms with van der Waals surface area (Å²) in [5.41, 5.74) is 3.04. The van der Waals surface area contributed by atoms with Crippen LogP contribution in [0.5, 0.6) is 0 Å². The van der Waals surface area contributed by atoms with Crippen molar-refractivity contribution in [1.82, 2.24) is 19.5 Å². The second-order valence-electron chi connectivity index (χ2n) is 9.85. The number of nitrogens with two attached hydrogens (primary N) is 1. The van der Waals surface area contributed by atoms with Crippen LogP contribution in [-0.4, -0.2) is 32.6 Å². The average Bonchev–Trinajstić information content (AvgIpc) is 2.92. The van der Waals surface area contributed by atoms with Crippen molar-refractivity contribution < 1.29 is 22.0 Å². The minimum Gasteiger partial charge on any atom is -0.396 e. The number of fused-ring (bicyclic) bond motifs is 1. The molecule has 1 aliphatic rings. The van der Waals surface area contributed by atoms with Gasteiger partial charge in [0.05, 0.1) is 28.0 Å². The van der Waals surface area contributed by atoms with E-state index in [1.807, 2.05) is 18.7 Å². The van der Waals surface area contributed by atoms with Crippen molar-refractivity contribution >= 4 is 22.5 Å². The Kier molecular flexibility index (Phi) is 6.73. The maximum absolute atomic E-state index is 15.6. The van der Waals surface area contributed by atoms with Crippen LogP contribution in [0, 0.1) is 36.0 Å². The molecule has 0 saturated carbocycles. The Hall–Kier alpha value is -4.09. The molecule has 39 heavy (non-hydrogen) atoms. The van der Waals surface area contributed by atoms with Crippen molar-refractivity contribution in [3.63, 3.8) is 0 Å². The highest BCUT2D eigenvalue weighted by atomic mass is 19.2. The van der Waals surface area contributed by atoms with Gasteiger partial charge in [-0.25, -0.2) is 36.3 Å². The van der Waals surface area contributed by atoms with Gasteiger partial charge in [0.1, 0.15) is 11.5 Å². The highest BCUT2D eigenvalue weighted by molar-refractivity contribution is 5.91. The topological polar surface area (TPSA) is 89.9 Å². The minimum atomic E-state index is -2.16. The van der Waals surface area contributed by atoms with Crippen LogP contribution in [0.4, 0.5) is 33.5 Å². The van der Waals surface area contributed by atoms with E-state index in [0.29, 0.717) is 30.0 Å². The number of aryl methyl sites for hydroxylation is 1. The molecule has 1 fully saturated rings. The molecule has 204 valence electrons. The van der Waals surface area contributed by atoms with E-state index in [1.54, 1.807) is 19.2 Å². The Morgan fingerprint density at radius 3 is 2.28 bits per heavy atom. The lowest BCUT2D eigenvalue weighted by Crippen LogP contribution is -2.34. The molecule has 7 nitrogen and oxygen atoms in total. The van der Waals surface area contributed by atoms with Gasteiger partial charge < -0.3 is 10.6 Å². The van der Waals surface area contributed by atoms with Gasteiger partial charge in [0.15, 0.2) is 34.7 Å². The molecule has 1 saturated heterocycles. The van der Waals surface area contributed by atoms with Gasteiger partial charge in [0.25, 0.3) is 0 Å². The summed E-state index contributed by atoms with van der Waals surface area (Å²) in [4.78, 5) is 28.4. The van der Waals surface area contributed by atoms with Crippen molar-refractivity contribution in [2.45, 2.75) is 46.0 Å². The third kappa shape index (κ3) is 4.27. The van der Waals surface area contributed by atoms with Crippen LogP contribution in [0.3, 0.4) is 0 Å². The molecule has 0 atom stereocenters. The first-order valence-electron chi connectivity index (χ1n) is 12.5. The quantitative estimate of drug-likeness (QED) is 0.157. The van der Waals surface area contributed by atoms with Gasteiger partial charge in [-0.2, -0.15) is 4.98 Å². The molecule has 5 rings (SSSR count). The highest BCUT2D eigenvalue weighted by Gasteiger charge is 2.30. The SMILES string of the molecule is Cc1ccnc(C(C)C)c1-n1c(=O)nc(N2CCCCC2)c2cc(F)c(-c3c(N)c(F)c(F)c(F)c3F)nc21. The fourth-order valence-corrected chi connectivity index (χ4v) is 4.99. The Bertz CT molecular complexity index is 1650. The summed E-state index contributed by atoms with van der Waals surface area (Å²) >= 11 is 0. The number of halogens is 5. The number of aromatic nitrogens is 4. The smallest absolute Gasteiger partial charge is 0.355 e. The number of hydrogen-bond donors (Lipinski definition) is 1. The Morgan fingerprint density at radius 2 is 1.62 bits per heavy atom. The Labute approximate surface area is 220 Å². The first-order chi connectivity index (χ1) is 18.5. The fraction of sp³-hybridized carbons (Fsp3) is 0.333. The average molecular weight is 545 g/mol. The van der Waals surface area contributed by atoms with Crippen LogP contribution in [0.2, 0.25) is 0 Å². The Balaban J connectivity index is 1.94. The number of hydrogen-bond acceptors (Lipinski definition) is 6. The lowest BCUT2D eigenvalue weighted by atomic mass is 10.0. The third-order valence-corrected chi connectivity index (χ3v) is 6.92. The molecule has 0 amide bonds. The van der Waals surface area contributed by atoms with Crippen molar-refractivity contribution in [3.05, 3.63) is 69.2 Å². The minimum absolute atomic E-state index is 0.123. The van der Waals surface area contributed by atoms with E-state index in [2.05, 4.69) is 15.0 Å². The third-order valence-electron chi connectivity index (χ3n) is 6.92. The second kappa shape index (κ2) is 9.90. The summed E-state index contributed by atoms with van der Waals surface area (Å²) in [6.07, 6.45) is 4.22. The standard InChI is InChI=1S/C27H25F5N6O/c1-12(2)22-24(13(3)7-8-34-22)38-26-14(25(36-27(38)39)37-9-5-4-6-10-37)11-15(28)23(35-26)16-17(29)18(30)19(31)20(32)21(16)33/h7-8,11-12H,4-6,9-10,33H2,1-3H3. The lowest BCUT2D eigenvalue weighted by molar-refractivity contribution is 0.412. The summed E-state index contributed by atoms with van der Waals surface area (Å²) in [6.45, 7) is 6.61. The monoisotopic (exact) mass is 544 g/mol. The largest absolute Gasteiger partial charge is 0.396 e. The molecule has 0 bridgehead atoms. The van der Waals surface area contributed by atoms with Crippen molar-refractivity contribution in [2.75, 3.05) is 23.7 Å². The van der Waals surface area contributed by atoms with Crippen LogP contribution < -0.4 is 16.3 Å². The van der Waals surface area contributed by atoms with Crippen LogP contribution in [0.25, 0.3) is 28.0 Å². The summed E-state index contributed by atoms with van der Waals surface area (Å²) in [5, 5.41) is 0.123. The number of rotatable bonds is 4. The van der Waals surface area contributed by atoms with Crippen molar-refractivity contribution in [2.24, 2.45) is 0 Å². The molecule has 12 heteroatoms. The van der Waals surface area contributed by atoms with Crippen LogP contribution in [-0.2, 0) is 0 Å². The first kappa shape index (κ1) is 26.5. The van der Waals surface area contributed by atoms with E-state index >= 15 is 4.39 Å². The fourth-order valence-electron chi connectivity index (χ4n) is 4.99. The van der Waals surface area contributed by atoms with Gasteiger partial charge in [-0.1, -0.05) is 13.8 Å². The second-order valence-corrected chi connectivity index (χ2v) is 9.85. The van der Waals surface area contributed by atoms with E-state index < -0.39 is 51.7 Å². The molecule has 4 aromatic rings. The molecule has 1 aromatic carbocycles. The molecular formula is C27H25F5N6O. The molecule has 1 aliphatic heterocycles. The van der Waals surface area contributed by atoms with Crippen LogP contribution >= 0.6 is 0 Å². The summed E-state index contributed by atoms with van der Waals surface area (Å²) in [5.74, 6) is -9.23. The number of nitrogens with zero attached hydrogens (tertiary/aromatic N) is 5. The van der Waals surface area contributed by atoms with Gasteiger partial charge in [-0.05, 0) is 49.8 Å². The molecule has 0 spiro atoms. The van der Waals surface area contributed by atoms with E-state index in [0.717, 1.165) is 29.9 Å². The molecule has 0 unspecified atom stereocenters. The number of benzene rings is 1. The van der Waals surface area contributed by atoms with Crippen molar-refractivity contribution in [3.8, 4) is 16.9 Å². The predicted octanol–water partition coefficient (Wildman–Crippen LogP) is 5.54. The number of anilines is 2. The van der Waals surface area contributed by atoms with E-state index in [-0.39, 0.29) is 22.8 Å². The van der Waals surface area contributed by atoms with Gasteiger partial charge in [0, 0.05) is 19.3 Å². The normalized spacial score (nSPS) is 14.0. The maximum atomic E-state index is 15.6.